The maximum absolute atomic E-state index is 12.6. The van der Waals surface area contributed by atoms with E-state index in [2.05, 4.69) is 17.4 Å². The lowest BCUT2D eigenvalue weighted by molar-refractivity contribution is -0.140. The van der Waals surface area contributed by atoms with E-state index in [-0.39, 0.29) is 42.5 Å². The summed E-state index contributed by atoms with van der Waals surface area (Å²) in [6.07, 6.45) is 3.72. The molecule has 1 aliphatic carbocycles. The highest BCUT2D eigenvalue weighted by Crippen LogP contribution is 2.38. The fourth-order valence-electron chi connectivity index (χ4n) is 4.31. The van der Waals surface area contributed by atoms with Gasteiger partial charge in [-0.1, -0.05) is 55.3 Å². The zero-order chi connectivity index (χ0) is 20.9. The van der Waals surface area contributed by atoms with E-state index in [9.17, 15) is 14.4 Å². The molecule has 5 nitrogen and oxygen atoms in total. The number of nitrogens with one attached hydrogen (secondary N) is 1. The van der Waals surface area contributed by atoms with Crippen molar-refractivity contribution in [2.24, 2.45) is 11.8 Å². The van der Waals surface area contributed by atoms with Crippen molar-refractivity contribution in [3.8, 4) is 0 Å². The Kier molecular flexibility index (Phi) is 6.53. The van der Waals surface area contributed by atoms with Crippen LogP contribution in [-0.2, 0) is 20.1 Å². The molecule has 4 rings (SSSR count). The first kappa shape index (κ1) is 20.7. The number of likely N-dealkylation sites (tertiary alicyclic amines) is 1. The van der Waals surface area contributed by atoms with Crippen molar-refractivity contribution in [2.75, 3.05) is 11.9 Å². The van der Waals surface area contributed by atoms with Crippen molar-refractivity contribution >= 4 is 35.2 Å². The van der Waals surface area contributed by atoms with Crippen LogP contribution in [-0.4, -0.2) is 29.2 Å². The van der Waals surface area contributed by atoms with Gasteiger partial charge in [0.05, 0.1) is 17.5 Å². The Hall–Kier alpha value is -2.60. The van der Waals surface area contributed by atoms with E-state index in [0.717, 1.165) is 42.0 Å². The predicted molar refractivity (Wildman–Crippen MR) is 118 cm³/mol. The molecule has 1 heterocycles. The van der Waals surface area contributed by atoms with Gasteiger partial charge in [0.1, 0.15) is 0 Å². The number of thioether (sulfide) groups is 1. The van der Waals surface area contributed by atoms with Gasteiger partial charge in [0.25, 0.3) is 0 Å². The second-order valence-electron chi connectivity index (χ2n) is 7.89. The van der Waals surface area contributed by atoms with Crippen molar-refractivity contribution < 1.29 is 14.4 Å². The molecule has 1 saturated carbocycles. The van der Waals surface area contributed by atoms with Crippen LogP contribution in [0.25, 0.3) is 0 Å². The molecule has 3 amide bonds. The average Bonchev–Trinajstić information content (AvgIpc) is 3.02. The summed E-state index contributed by atoms with van der Waals surface area (Å²) in [6, 6.07) is 17.9. The van der Waals surface area contributed by atoms with Crippen molar-refractivity contribution in [1.29, 1.82) is 0 Å². The largest absolute Gasteiger partial charge is 0.325 e. The van der Waals surface area contributed by atoms with Crippen LogP contribution in [0.3, 0.4) is 0 Å². The Labute approximate surface area is 181 Å². The Morgan fingerprint density at radius 3 is 2.27 bits per heavy atom. The van der Waals surface area contributed by atoms with Crippen LogP contribution in [0.2, 0.25) is 0 Å². The molecule has 2 aliphatic rings. The third kappa shape index (κ3) is 4.59. The van der Waals surface area contributed by atoms with Gasteiger partial charge in [-0.05, 0) is 30.5 Å². The molecule has 0 aromatic heterocycles. The first-order valence-electron chi connectivity index (χ1n) is 10.5. The number of fused-ring (bicyclic) bond motifs is 1. The topological polar surface area (TPSA) is 66.5 Å². The highest BCUT2D eigenvalue weighted by Gasteiger charge is 2.47. The predicted octanol–water partition coefficient (Wildman–Crippen LogP) is 4.48. The summed E-state index contributed by atoms with van der Waals surface area (Å²) in [4.78, 5) is 40.0. The van der Waals surface area contributed by atoms with Crippen molar-refractivity contribution in [3.05, 3.63) is 60.2 Å². The molecular formula is C24H26N2O3S. The minimum absolute atomic E-state index is 0.0867. The number of hydrogen-bond donors (Lipinski definition) is 1. The summed E-state index contributed by atoms with van der Waals surface area (Å²) in [5.74, 6) is 0.132. The minimum Gasteiger partial charge on any atom is -0.325 e. The molecule has 0 unspecified atom stereocenters. The van der Waals surface area contributed by atoms with Gasteiger partial charge in [-0.25, -0.2) is 0 Å². The zero-order valence-corrected chi connectivity index (χ0v) is 17.7. The van der Waals surface area contributed by atoms with Crippen LogP contribution in [0.1, 0.15) is 37.7 Å². The van der Waals surface area contributed by atoms with Gasteiger partial charge < -0.3 is 5.32 Å². The van der Waals surface area contributed by atoms with E-state index >= 15 is 0 Å². The summed E-state index contributed by atoms with van der Waals surface area (Å²) in [5, 5.41) is 2.95. The normalized spacial score (nSPS) is 20.9. The van der Waals surface area contributed by atoms with E-state index < -0.39 is 0 Å². The van der Waals surface area contributed by atoms with Gasteiger partial charge in [-0.3, -0.25) is 19.3 Å². The summed E-state index contributed by atoms with van der Waals surface area (Å²) in [5.41, 5.74) is 1.98. The molecule has 2 aromatic carbocycles. The molecular weight excluding hydrogens is 396 g/mol. The van der Waals surface area contributed by atoms with Crippen molar-refractivity contribution in [1.82, 2.24) is 4.90 Å². The molecule has 1 saturated heterocycles. The summed E-state index contributed by atoms with van der Waals surface area (Å²) in [7, 11) is 0. The van der Waals surface area contributed by atoms with Gasteiger partial charge in [-0.15, -0.1) is 11.8 Å². The lowest BCUT2D eigenvalue weighted by atomic mass is 9.81. The maximum atomic E-state index is 12.6. The van der Waals surface area contributed by atoms with E-state index in [1.165, 1.54) is 10.5 Å². The monoisotopic (exact) mass is 422 g/mol. The molecule has 6 heteroatoms. The van der Waals surface area contributed by atoms with Gasteiger partial charge in [-0.2, -0.15) is 0 Å². The first-order valence-corrected chi connectivity index (χ1v) is 11.5. The zero-order valence-electron chi connectivity index (χ0n) is 16.9. The van der Waals surface area contributed by atoms with Crippen LogP contribution in [0.4, 0.5) is 5.69 Å². The summed E-state index contributed by atoms with van der Waals surface area (Å²) >= 11 is 1.67. The summed E-state index contributed by atoms with van der Waals surface area (Å²) in [6.45, 7) is 0.163. The van der Waals surface area contributed by atoms with Gasteiger partial charge in [0, 0.05) is 23.6 Å². The van der Waals surface area contributed by atoms with E-state index in [1.807, 2.05) is 42.5 Å². The minimum atomic E-state index is -0.182. The molecule has 1 N–H and O–H groups in total. The number of rotatable bonds is 7. The number of amides is 3. The lowest BCUT2D eigenvalue weighted by Gasteiger charge is -2.19. The number of para-hydroxylation sites is 1. The smallest absolute Gasteiger partial charge is 0.233 e. The second-order valence-corrected chi connectivity index (χ2v) is 8.91. The molecule has 156 valence electrons. The SMILES string of the molecule is O=C(CCN1C(=O)[C@@H]2CCCC[C@H]2C1=O)Nc1ccccc1SCc1ccccc1. The molecule has 0 bridgehead atoms. The highest BCUT2D eigenvalue weighted by atomic mass is 32.2. The van der Waals surface area contributed by atoms with Crippen LogP contribution in [0.5, 0.6) is 0 Å². The molecule has 0 spiro atoms. The van der Waals surface area contributed by atoms with Gasteiger partial charge >= 0.3 is 0 Å². The number of carbonyl (C=O) groups excluding carboxylic acids is 3. The Balaban J connectivity index is 1.33. The van der Waals surface area contributed by atoms with Crippen LogP contribution in [0.15, 0.2) is 59.5 Å². The molecule has 2 atom stereocenters. The number of anilines is 1. The third-order valence-electron chi connectivity index (χ3n) is 5.89. The molecule has 0 radical (unpaired) electrons. The Bertz CT molecular complexity index is 907. The fourth-order valence-corrected chi connectivity index (χ4v) is 5.27. The van der Waals surface area contributed by atoms with Crippen LogP contribution < -0.4 is 5.32 Å². The number of hydrogen-bond acceptors (Lipinski definition) is 4. The van der Waals surface area contributed by atoms with Crippen molar-refractivity contribution in [2.45, 2.75) is 42.8 Å². The second kappa shape index (κ2) is 9.47. The molecule has 2 aromatic rings. The number of nitrogens with zero attached hydrogens (tertiary/aromatic N) is 1. The summed E-state index contributed by atoms with van der Waals surface area (Å²) < 4.78 is 0. The van der Waals surface area contributed by atoms with Gasteiger partial charge in [0.2, 0.25) is 17.7 Å². The quantitative estimate of drug-likeness (QED) is 0.528. The van der Waals surface area contributed by atoms with E-state index in [1.54, 1.807) is 11.8 Å². The molecule has 30 heavy (non-hydrogen) atoms. The van der Waals surface area contributed by atoms with E-state index in [4.69, 9.17) is 0 Å². The number of carbonyl (C=O) groups is 3. The van der Waals surface area contributed by atoms with E-state index in [0.29, 0.717) is 0 Å². The van der Waals surface area contributed by atoms with Gasteiger partial charge in [0.15, 0.2) is 0 Å². The van der Waals surface area contributed by atoms with Crippen molar-refractivity contribution in [3.63, 3.8) is 0 Å². The van der Waals surface area contributed by atoms with Crippen LogP contribution >= 0.6 is 11.8 Å². The fraction of sp³-hybridized carbons (Fsp3) is 0.375. The number of benzene rings is 2. The molecule has 1 aliphatic heterocycles. The average molecular weight is 423 g/mol. The first-order chi connectivity index (χ1) is 14.6. The van der Waals surface area contributed by atoms with Crippen LogP contribution in [0, 0.1) is 11.8 Å². The third-order valence-corrected chi connectivity index (χ3v) is 7.04. The number of imide groups is 1. The Morgan fingerprint density at radius 1 is 0.933 bits per heavy atom. The highest BCUT2D eigenvalue weighted by molar-refractivity contribution is 7.98. The molecule has 2 fully saturated rings. The standard InChI is InChI=1S/C24H26N2O3S/c27-22(14-15-26-23(28)18-10-4-5-11-19(18)24(26)29)25-20-12-6-7-13-21(20)30-16-17-8-2-1-3-9-17/h1-3,6-9,12-13,18-19H,4-5,10-11,14-16H2,(H,25,27)/t18-,19-/m1/s1. The lowest BCUT2D eigenvalue weighted by Crippen LogP contribution is -2.34. The maximum Gasteiger partial charge on any atom is 0.233 e. The Morgan fingerprint density at radius 2 is 1.57 bits per heavy atom.